The summed E-state index contributed by atoms with van der Waals surface area (Å²) in [5, 5.41) is 0. The Labute approximate surface area is 149 Å². The third-order valence-electron chi connectivity index (χ3n) is 4.47. The van der Waals surface area contributed by atoms with Crippen LogP contribution in [-0.2, 0) is 6.42 Å². The first kappa shape index (κ1) is 17.4. The van der Waals surface area contributed by atoms with E-state index < -0.39 is 0 Å². The number of fused-ring (bicyclic) bond motifs is 1. The van der Waals surface area contributed by atoms with Gasteiger partial charge >= 0.3 is 0 Å². The van der Waals surface area contributed by atoms with Gasteiger partial charge in [0.1, 0.15) is 5.75 Å². The molecule has 0 N–H and O–H groups in total. The van der Waals surface area contributed by atoms with Crippen LogP contribution in [0, 0.1) is 0 Å². The summed E-state index contributed by atoms with van der Waals surface area (Å²) in [7, 11) is 4.12. The summed E-state index contributed by atoms with van der Waals surface area (Å²) in [6, 6.07) is 15.9. The summed E-state index contributed by atoms with van der Waals surface area (Å²) in [6.45, 7) is 1.67. The number of carbonyl (C=O) groups is 1. The highest BCUT2D eigenvalue weighted by molar-refractivity contribution is 6.13. The smallest absolute Gasteiger partial charge is 0.189 e. The Bertz CT molecular complexity index is 777. The van der Waals surface area contributed by atoms with E-state index in [1.807, 2.05) is 54.6 Å². The minimum absolute atomic E-state index is 0.143. The van der Waals surface area contributed by atoms with Crippen LogP contribution in [0.25, 0.3) is 6.08 Å². The van der Waals surface area contributed by atoms with E-state index in [4.69, 9.17) is 4.74 Å². The number of benzene rings is 2. The second-order valence-corrected chi connectivity index (χ2v) is 6.70. The molecule has 2 aromatic carbocycles. The van der Waals surface area contributed by atoms with Crippen LogP contribution < -0.4 is 4.74 Å². The Morgan fingerprint density at radius 1 is 1.04 bits per heavy atom. The summed E-state index contributed by atoms with van der Waals surface area (Å²) in [5.74, 6) is 0.990. The van der Waals surface area contributed by atoms with Crippen molar-refractivity contribution >= 4 is 11.9 Å². The first-order valence-electron chi connectivity index (χ1n) is 8.85. The molecule has 130 valence electrons. The number of rotatable bonds is 6. The summed E-state index contributed by atoms with van der Waals surface area (Å²) < 4.78 is 5.95. The molecule has 1 aliphatic rings. The lowest BCUT2D eigenvalue weighted by atomic mass is 9.86. The molecule has 3 rings (SSSR count). The topological polar surface area (TPSA) is 29.5 Å². The van der Waals surface area contributed by atoms with Crippen LogP contribution in [0.15, 0.2) is 54.1 Å². The van der Waals surface area contributed by atoms with Crippen LogP contribution in [0.5, 0.6) is 5.75 Å². The number of para-hydroxylation sites is 1. The van der Waals surface area contributed by atoms with Gasteiger partial charge in [-0.2, -0.15) is 0 Å². The molecule has 1 aliphatic carbocycles. The van der Waals surface area contributed by atoms with Gasteiger partial charge in [0.25, 0.3) is 0 Å². The van der Waals surface area contributed by atoms with Crippen molar-refractivity contribution in [3.05, 3.63) is 70.8 Å². The van der Waals surface area contributed by atoms with Gasteiger partial charge in [-0.1, -0.05) is 42.5 Å². The fourth-order valence-electron chi connectivity index (χ4n) is 3.14. The van der Waals surface area contributed by atoms with Crippen LogP contribution in [-0.4, -0.2) is 37.9 Å². The van der Waals surface area contributed by atoms with E-state index in [9.17, 15) is 4.79 Å². The lowest BCUT2D eigenvalue weighted by Crippen LogP contribution is -2.15. The molecular weight excluding hydrogens is 310 g/mol. The predicted molar refractivity (Wildman–Crippen MR) is 102 cm³/mol. The molecule has 25 heavy (non-hydrogen) atoms. The largest absolute Gasteiger partial charge is 0.493 e. The second kappa shape index (κ2) is 8.13. The Kier molecular flexibility index (Phi) is 5.67. The van der Waals surface area contributed by atoms with Crippen molar-refractivity contribution in [3.63, 3.8) is 0 Å². The van der Waals surface area contributed by atoms with Gasteiger partial charge in [0.05, 0.1) is 6.61 Å². The number of Topliss-reactive ketones (excluding diaryl/α,β-unsaturated/α-hetero) is 1. The Morgan fingerprint density at radius 3 is 2.64 bits per heavy atom. The molecule has 0 spiro atoms. The van der Waals surface area contributed by atoms with Crippen LogP contribution in [0.3, 0.4) is 0 Å². The zero-order valence-electron chi connectivity index (χ0n) is 15.0. The number of hydrogen-bond donors (Lipinski definition) is 0. The summed E-state index contributed by atoms with van der Waals surface area (Å²) >= 11 is 0. The molecule has 0 saturated heterocycles. The highest BCUT2D eigenvalue weighted by Crippen LogP contribution is 2.29. The van der Waals surface area contributed by atoms with Gasteiger partial charge < -0.3 is 9.64 Å². The SMILES string of the molecule is CN(C)CCCOc1ccccc1/C=C1/CCc2ccccc2C1=O. The van der Waals surface area contributed by atoms with Gasteiger partial charge in [0.15, 0.2) is 5.78 Å². The minimum atomic E-state index is 0.143. The van der Waals surface area contributed by atoms with Crippen molar-refractivity contribution in [1.82, 2.24) is 4.90 Å². The fourth-order valence-corrected chi connectivity index (χ4v) is 3.14. The van der Waals surface area contributed by atoms with Gasteiger partial charge in [-0.05, 0) is 51.1 Å². The van der Waals surface area contributed by atoms with Crippen molar-refractivity contribution < 1.29 is 9.53 Å². The average molecular weight is 335 g/mol. The first-order valence-corrected chi connectivity index (χ1v) is 8.85. The molecule has 0 aromatic heterocycles. The molecule has 0 heterocycles. The van der Waals surface area contributed by atoms with Crippen molar-refractivity contribution in [2.24, 2.45) is 0 Å². The fraction of sp³-hybridized carbons (Fsp3) is 0.318. The molecule has 0 radical (unpaired) electrons. The van der Waals surface area contributed by atoms with Crippen molar-refractivity contribution in [1.29, 1.82) is 0 Å². The van der Waals surface area contributed by atoms with Crippen molar-refractivity contribution in [3.8, 4) is 5.75 Å². The number of allylic oxidation sites excluding steroid dienone is 1. The second-order valence-electron chi connectivity index (χ2n) is 6.70. The highest BCUT2D eigenvalue weighted by Gasteiger charge is 2.21. The van der Waals surface area contributed by atoms with E-state index in [2.05, 4.69) is 19.0 Å². The molecule has 0 saturated carbocycles. The molecule has 0 bridgehead atoms. The van der Waals surface area contributed by atoms with Crippen LogP contribution in [0.4, 0.5) is 0 Å². The molecule has 3 heteroatoms. The maximum absolute atomic E-state index is 12.8. The van der Waals surface area contributed by atoms with Crippen LogP contribution >= 0.6 is 0 Å². The van der Waals surface area contributed by atoms with Crippen LogP contribution in [0.2, 0.25) is 0 Å². The third-order valence-corrected chi connectivity index (χ3v) is 4.47. The van der Waals surface area contributed by atoms with Crippen LogP contribution in [0.1, 0.15) is 34.3 Å². The minimum Gasteiger partial charge on any atom is -0.493 e. The number of carbonyl (C=O) groups excluding carboxylic acids is 1. The molecular formula is C22H25NO2. The Morgan fingerprint density at radius 2 is 1.80 bits per heavy atom. The Hall–Kier alpha value is -2.39. The monoisotopic (exact) mass is 335 g/mol. The highest BCUT2D eigenvalue weighted by atomic mass is 16.5. The van der Waals surface area contributed by atoms with Crippen molar-refractivity contribution in [2.75, 3.05) is 27.2 Å². The Balaban J connectivity index is 1.76. The molecule has 2 aromatic rings. The van der Waals surface area contributed by atoms with Gasteiger partial charge in [-0.3, -0.25) is 4.79 Å². The summed E-state index contributed by atoms with van der Waals surface area (Å²) in [6.07, 6.45) is 4.67. The molecule has 0 atom stereocenters. The predicted octanol–water partition coefficient (Wildman–Crippen LogP) is 4.23. The molecule has 0 unspecified atom stereocenters. The summed E-state index contributed by atoms with van der Waals surface area (Å²) in [5.41, 5.74) is 3.83. The number of aryl methyl sites for hydroxylation is 1. The van der Waals surface area contributed by atoms with Gasteiger partial charge in [-0.25, -0.2) is 0 Å². The van der Waals surface area contributed by atoms with Gasteiger partial charge in [-0.15, -0.1) is 0 Å². The summed E-state index contributed by atoms with van der Waals surface area (Å²) in [4.78, 5) is 14.9. The average Bonchev–Trinajstić information content (AvgIpc) is 2.62. The lowest BCUT2D eigenvalue weighted by Gasteiger charge is -2.18. The quantitative estimate of drug-likeness (QED) is 0.584. The number of hydrogen-bond acceptors (Lipinski definition) is 3. The number of ether oxygens (including phenoxy) is 1. The van der Waals surface area contributed by atoms with Crippen molar-refractivity contribution in [2.45, 2.75) is 19.3 Å². The molecule has 3 nitrogen and oxygen atoms in total. The number of ketones is 1. The first-order chi connectivity index (χ1) is 12.1. The van der Waals surface area contributed by atoms with E-state index in [-0.39, 0.29) is 5.78 Å². The van der Waals surface area contributed by atoms with Gasteiger partial charge in [0, 0.05) is 23.2 Å². The normalized spacial score (nSPS) is 15.5. The zero-order chi connectivity index (χ0) is 17.6. The maximum atomic E-state index is 12.8. The van der Waals surface area contributed by atoms with E-state index in [1.165, 1.54) is 0 Å². The van der Waals surface area contributed by atoms with E-state index >= 15 is 0 Å². The molecule has 0 aliphatic heterocycles. The zero-order valence-corrected chi connectivity index (χ0v) is 15.0. The van der Waals surface area contributed by atoms with E-state index in [0.29, 0.717) is 6.61 Å². The third kappa shape index (κ3) is 4.37. The van der Waals surface area contributed by atoms with E-state index in [1.54, 1.807) is 0 Å². The lowest BCUT2D eigenvalue weighted by molar-refractivity contribution is 0.102. The van der Waals surface area contributed by atoms with E-state index in [0.717, 1.165) is 53.8 Å². The van der Waals surface area contributed by atoms with Gasteiger partial charge in [0.2, 0.25) is 0 Å². The maximum Gasteiger partial charge on any atom is 0.189 e. The molecule has 0 amide bonds. The molecule has 0 fully saturated rings. The number of nitrogens with zero attached hydrogens (tertiary/aromatic N) is 1. The standard InChI is InChI=1S/C22H25NO2/c1-23(2)14-7-15-25-21-11-6-4-9-18(21)16-19-13-12-17-8-3-5-10-20(17)22(19)24/h3-6,8-11,16H,7,12-15H2,1-2H3/b19-16-.